The second-order valence-electron chi connectivity index (χ2n) is 6.39. The molecule has 1 nitrogen and oxygen atoms in total. The van der Waals surface area contributed by atoms with E-state index in [2.05, 4.69) is 25.2 Å². The SMILES string of the molecule is C[C@]12C(=O)C=C[C@H]1C[C@@]13C=CC[C@@H]1CC[C@H]32. The van der Waals surface area contributed by atoms with E-state index < -0.39 is 0 Å². The van der Waals surface area contributed by atoms with Crippen LogP contribution in [0, 0.1) is 28.6 Å². The Labute approximate surface area is 96.6 Å². The van der Waals surface area contributed by atoms with E-state index in [1.54, 1.807) is 0 Å². The van der Waals surface area contributed by atoms with E-state index in [0.717, 1.165) is 5.92 Å². The predicted octanol–water partition coefficient (Wildman–Crippen LogP) is 3.12. The number of ketones is 1. The molecule has 0 saturated heterocycles. The molecule has 0 aromatic carbocycles. The first-order valence-electron chi connectivity index (χ1n) is 6.58. The van der Waals surface area contributed by atoms with Gasteiger partial charge in [-0.05, 0) is 54.9 Å². The van der Waals surface area contributed by atoms with Crippen LogP contribution in [0.1, 0.15) is 32.6 Å². The lowest BCUT2D eigenvalue weighted by Crippen LogP contribution is -2.35. The molecule has 1 spiro atoms. The zero-order chi connectivity index (χ0) is 11.0. The Hall–Kier alpha value is -0.850. The molecule has 0 radical (unpaired) electrons. The van der Waals surface area contributed by atoms with Crippen molar-refractivity contribution in [1.29, 1.82) is 0 Å². The largest absolute Gasteiger partial charge is 0.294 e. The third-order valence-electron chi connectivity index (χ3n) is 6.14. The van der Waals surface area contributed by atoms with Gasteiger partial charge in [0.05, 0.1) is 0 Å². The maximum Gasteiger partial charge on any atom is 0.162 e. The van der Waals surface area contributed by atoms with Gasteiger partial charge in [-0.3, -0.25) is 4.79 Å². The van der Waals surface area contributed by atoms with Gasteiger partial charge in [0.25, 0.3) is 0 Å². The molecule has 0 unspecified atom stereocenters. The molecule has 0 aliphatic heterocycles. The summed E-state index contributed by atoms with van der Waals surface area (Å²) in [6.07, 6.45) is 14.0. The van der Waals surface area contributed by atoms with Gasteiger partial charge < -0.3 is 0 Å². The van der Waals surface area contributed by atoms with Crippen molar-refractivity contribution in [2.75, 3.05) is 0 Å². The lowest BCUT2D eigenvalue weighted by Gasteiger charge is -2.34. The Balaban J connectivity index is 1.87. The van der Waals surface area contributed by atoms with Crippen LogP contribution in [0.15, 0.2) is 24.3 Å². The zero-order valence-electron chi connectivity index (χ0n) is 9.78. The summed E-state index contributed by atoms with van der Waals surface area (Å²) in [7, 11) is 0. The van der Waals surface area contributed by atoms with Gasteiger partial charge in [-0.25, -0.2) is 0 Å². The van der Waals surface area contributed by atoms with Gasteiger partial charge >= 0.3 is 0 Å². The minimum absolute atomic E-state index is 0.0522. The molecule has 4 rings (SSSR count). The second kappa shape index (κ2) is 2.52. The maximum absolute atomic E-state index is 12.2. The standard InChI is InChI=1S/C15H18O/c1-14-11(5-7-13(14)16)9-15-8-2-3-10(15)4-6-12(14)15/h2,5,7-8,10-12H,3-4,6,9H2,1H3/t10-,11+,12+,14+,15+/m1/s1. The first-order valence-corrected chi connectivity index (χ1v) is 6.58. The molecule has 16 heavy (non-hydrogen) atoms. The van der Waals surface area contributed by atoms with Crippen LogP contribution < -0.4 is 0 Å². The van der Waals surface area contributed by atoms with Crippen LogP contribution in [0.4, 0.5) is 0 Å². The Bertz CT molecular complexity index is 433. The van der Waals surface area contributed by atoms with Crippen LogP contribution in [-0.2, 0) is 4.79 Å². The number of rotatable bonds is 0. The zero-order valence-corrected chi connectivity index (χ0v) is 9.78. The average Bonchev–Trinajstić information content (AvgIpc) is 2.89. The molecular weight excluding hydrogens is 196 g/mol. The van der Waals surface area contributed by atoms with E-state index in [1.807, 2.05) is 6.08 Å². The number of carbonyl (C=O) groups excluding carboxylic acids is 1. The van der Waals surface area contributed by atoms with Crippen molar-refractivity contribution in [3.63, 3.8) is 0 Å². The third kappa shape index (κ3) is 0.742. The van der Waals surface area contributed by atoms with Crippen LogP contribution in [0.25, 0.3) is 0 Å². The number of fused-ring (bicyclic) bond motifs is 2. The average molecular weight is 214 g/mol. The molecule has 2 fully saturated rings. The molecule has 4 aliphatic carbocycles. The van der Waals surface area contributed by atoms with Gasteiger partial charge in [0.1, 0.15) is 0 Å². The number of carbonyl (C=O) groups is 1. The Morgan fingerprint density at radius 2 is 2.25 bits per heavy atom. The summed E-state index contributed by atoms with van der Waals surface area (Å²) in [5, 5.41) is 0. The molecule has 0 N–H and O–H groups in total. The van der Waals surface area contributed by atoms with Gasteiger partial charge in [-0.2, -0.15) is 0 Å². The number of hydrogen-bond acceptors (Lipinski definition) is 1. The van der Waals surface area contributed by atoms with Crippen LogP contribution in [-0.4, -0.2) is 5.78 Å². The highest BCUT2D eigenvalue weighted by molar-refractivity contribution is 5.98. The molecule has 4 aliphatic rings. The minimum atomic E-state index is -0.0522. The number of hydrogen-bond donors (Lipinski definition) is 0. The normalized spacial score (nSPS) is 56.8. The molecule has 0 heterocycles. The highest BCUT2D eigenvalue weighted by Crippen LogP contribution is 2.71. The van der Waals surface area contributed by atoms with Gasteiger partial charge in [0.2, 0.25) is 0 Å². The summed E-state index contributed by atoms with van der Waals surface area (Å²) >= 11 is 0. The fraction of sp³-hybridized carbons (Fsp3) is 0.667. The minimum Gasteiger partial charge on any atom is -0.294 e. The number of allylic oxidation sites excluding steroid dienone is 4. The third-order valence-corrected chi connectivity index (χ3v) is 6.14. The van der Waals surface area contributed by atoms with Crippen LogP contribution in [0.2, 0.25) is 0 Å². The van der Waals surface area contributed by atoms with Crippen molar-refractivity contribution in [3.8, 4) is 0 Å². The predicted molar refractivity (Wildman–Crippen MR) is 62.8 cm³/mol. The summed E-state index contributed by atoms with van der Waals surface area (Å²) in [5.74, 6) is 2.40. The highest BCUT2D eigenvalue weighted by Gasteiger charge is 2.67. The van der Waals surface area contributed by atoms with Crippen molar-refractivity contribution in [3.05, 3.63) is 24.3 Å². The first kappa shape index (κ1) is 9.21. The topological polar surface area (TPSA) is 17.1 Å². The molecule has 5 atom stereocenters. The smallest absolute Gasteiger partial charge is 0.162 e. The second-order valence-corrected chi connectivity index (χ2v) is 6.39. The summed E-state index contributed by atoms with van der Waals surface area (Å²) in [5.41, 5.74) is 0.350. The maximum atomic E-state index is 12.2. The summed E-state index contributed by atoms with van der Waals surface area (Å²) in [6, 6.07) is 0. The van der Waals surface area contributed by atoms with Gasteiger partial charge in [0.15, 0.2) is 5.78 Å². The van der Waals surface area contributed by atoms with E-state index in [-0.39, 0.29) is 5.41 Å². The van der Waals surface area contributed by atoms with Crippen molar-refractivity contribution in [1.82, 2.24) is 0 Å². The molecule has 0 amide bonds. The van der Waals surface area contributed by atoms with Crippen LogP contribution in [0.3, 0.4) is 0 Å². The summed E-state index contributed by atoms with van der Waals surface area (Å²) in [4.78, 5) is 12.2. The Morgan fingerprint density at radius 1 is 1.38 bits per heavy atom. The fourth-order valence-electron chi connectivity index (χ4n) is 5.32. The van der Waals surface area contributed by atoms with E-state index in [9.17, 15) is 4.79 Å². The van der Waals surface area contributed by atoms with E-state index in [0.29, 0.717) is 23.0 Å². The van der Waals surface area contributed by atoms with Crippen molar-refractivity contribution < 1.29 is 4.79 Å². The molecule has 0 aromatic heterocycles. The molecule has 2 saturated carbocycles. The van der Waals surface area contributed by atoms with Gasteiger partial charge in [0, 0.05) is 5.41 Å². The van der Waals surface area contributed by atoms with E-state index in [1.165, 1.54) is 25.7 Å². The summed E-state index contributed by atoms with van der Waals surface area (Å²) in [6.45, 7) is 2.23. The molecular formula is C15H18O. The van der Waals surface area contributed by atoms with Gasteiger partial charge in [-0.15, -0.1) is 0 Å². The molecule has 84 valence electrons. The van der Waals surface area contributed by atoms with Crippen LogP contribution >= 0.6 is 0 Å². The van der Waals surface area contributed by atoms with Crippen molar-refractivity contribution in [2.24, 2.45) is 28.6 Å². The molecule has 0 aromatic rings. The van der Waals surface area contributed by atoms with Crippen molar-refractivity contribution >= 4 is 5.78 Å². The van der Waals surface area contributed by atoms with Crippen LogP contribution in [0.5, 0.6) is 0 Å². The fourth-order valence-corrected chi connectivity index (χ4v) is 5.32. The summed E-state index contributed by atoms with van der Waals surface area (Å²) < 4.78 is 0. The van der Waals surface area contributed by atoms with E-state index in [4.69, 9.17) is 0 Å². The molecule has 0 bridgehead atoms. The molecule has 1 heteroatoms. The van der Waals surface area contributed by atoms with Gasteiger partial charge in [-0.1, -0.05) is 25.2 Å². The Kier molecular flexibility index (Phi) is 1.45. The lowest BCUT2D eigenvalue weighted by atomic mass is 9.68. The first-order chi connectivity index (χ1) is 7.68. The van der Waals surface area contributed by atoms with E-state index >= 15 is 0 Å². The highest BCUT2D eigenvalue weighted by atomic mass is 16.1. The quantitative estimate of drug-likeness (QED) is 0.566. The lowest BCUT2D eigenvalue weighted by molar-refractivity contribution is -0.125. The monoisotopic (exact) mass is 214 g/mol. The Morgan fingerprint density at radius 3 is 3.12 bits per heavy atom. The van der Waals surface area contributed by atoms with Crippen molar-refractivity contribution in [2.45, 2.75) is 32.6 Å².